The normalized spacial score (nSPS) is 10.5. The van der Waals surface area contributed by atoms with Crippen LogP contribution in [0.15, 0.2) is 148 Å². The van der Waals surface area contributed by atoms with Gasteiger partial charge in [-0.3, -0.25) is 33.9 Å². The molecule has 7 aromatic carbocycles. The molecule has 2 radical (unpaired) electrons. The summed E-state index contributed by atoms with van der Waals surface area (Å²) in [7, 11) is -13.8. The zero-order chi connectivity index (χ0) is 51.3. The van der Waals surface area contributed by atoms with Crippen molar-refractivity contribution in [2.45, 2.75) is 21.6 Å². The van der Waals surface area contributed by atoms with Crippen LogP contribution in [0.2, 0.25) is 0 Å². The van der Waals surface area contributed by atoms with Crippen LogP contribution in [-0.2, 0) is 30.4 Å². The molecule has 24 nitrogen and oxygen atoms in total. The number of aryl methyl sites for hydroxylation is 1. The second-order valence-electron chi connectivity index (χ2n) is 13.6. The number of nitrogens with zero attached hydrogens (tertiary/aromatic N) is 2. The Hall–Kier alpha value is -5.83. The quantitative estimate of drug-likeness (QED) is 0.0310. The van der Waals surface area contributed by atoms with Crippen molar-refractivity contribution in [2.75, 3.05) is 34.0 Å². The van der Waals surface area contributed by atoms with Crippen LogP contribution in [0.4, 0.5) is 51.2 Å². The van der Waals surface area contributed by atoms with Crippen molar-refractivity contribution in [3.8, 4) is 17.2 Å². The second kappa shape index (κ2) is 27.0. The number of anilines is 7. The van der Waals surface area contributed by atoms with Crippen LogP contribution < -0.4 is 34.0 Å². The molecule has 0 spiro atoms. The Morgan fingerprint density at radius 1 is 0.529 bits per heavy atom. The largest absolute Gasteiger partial charge is 0.508 e. The molecule has 362 valence electrons. The summed E-state index contributed by atoms with van der Waals surface area (Å²) in [5.74, 6) is -0.371. The molecule has 7 rings (SSSR count). The number of nitrogen functional groups attached to an aromatic ring is 5. The summed E-state index contributed by atoms with van der Waals surface area (Å²) >= 11 is 0. The molecular weight excluding hydrogens is 1020 g/mol. The first-order chi connectivity index (χ1) is 31.5. The Labute approximate surface area is 464 Å². The van der Waals surface area contributed by atoms with E-state index in [9.17, 15) is 55.1 Å². The minimum absolute atomic E-state index is 0. The van der Waals surface area contributed by atoms with Crippen molar-refractivity contribution in [3.05, 3.63) is 159 Å². The van der Waals surface area contributed by atoms with Crippen molar-refractivity contribution in [2.24, 2.45) is 0 Å². The van der Waals surface area contributed by atoms with Gasteiger partial charge in [0.05, 0.1) is 25.3 Å². The molecule has 7 aromatic rings. The van der Waals surface area contributed by atoms with E-state index in [1.807, 2.05) is 19.1 Å². The average Bonchev–Trinajstić information content (AvgIpc) is 3.23. The van der Waals surface area contributed by atoms with Crippen LogP contribution >= 0.6 is 0 Å². The number of non-ortho nitro benzene ring substituents is 2. The zero-order valence-corrected chi connectivity index (χ0v) is 44.5. The van der Waals surface area contributed by atoms with Gasteiger partial charge in [0, 0.05) is 157 Å². The van der Waals surface area contributed by atoms with Crippen molar-refractivity contribution in [1.29, 1.82) is 0 Å². The number of nitro groups is 2. The van der Waals surface area contributed by atoms with Gasteiger partial charge in [-0.25, -0.2) is 0 Å². The monoisotopic (exact) mass is 1060 g/mol. The average molecular weight is 1060 g/mol. The fourth-order valence-electron chi connectivity index (χ4n) is 5.18. The van der Waals surface area contributed by atoms with E-state index in [1.165, 1.54) is 48.5 Å². The van der Waals surface area contributed by atoms with Gasteiger partial charge in [0.25, 0.3) is 41.7 Å². The Morgan fingerprint density at radius 3 is 1.40 bits per heavy atom. The molecule has 0 aliphatic heterocycles. The van der Waals surface area contributed by atoms with E-state index in [1.54, 1.807) is 36.4 Å². The molecule has 0 aliphatic rings. The van der Waals surface area contributed by atoms with Crippen LogP contribution in [0.3, 0.4) is 0 Å². The van der Waals surface area contributed by atoms with Crippen LogP contribution in [0.1, 0.15) is 5.56 Å². The first-order valence-electron chi connectivity index (χ1n) is 18.5. The Bertz CT molecular complexity index is 3210. The standard InChI is InChI=1S/C12H11N3O5S.C10H9NO7S2.C7H10N2.C6H6N2O2.C6H6O2.K.Na/c13-8-1-3-9(4-2-8)14-11-6-5-10(15(16)17)7-12(11)21(18,19)20;11-8-3-6(19(13,14)15)1-5-2-7(20(16,17)18)4-9(12)10(5)8;1-5-2-3-6(8)4-7(5)9;7-5-1-3-6(4-2-5)8(9)10;7-5-2-1-3-6(8)4-5;;/h1-7,14H,13H2,(H,18,19,20);1-4,12H,11H2,(H,13,14,15)(H,16,17,18);2-4H,8-9H2,1H3;1-4H,7H2;1-4,7-8H;;. The van der Waals surface area contributed by atoms with Crippen LogP contribution in [0.25, 0.3) is 10.8 Å². The third-order valence-corrected chi connectivity index (χ3v) is 11.0. The number of hydrogen-bond donors (Lipinski definition) is 12. The Morgan fingerprint density at radius 2 is 0.986 bits per heavy atom. The summed E-state index contributed by atoms with van der Waals surface area (Å²) < 4.78 is 94.0. The molecular formula is C41H42KN8NaO16S3. The molecule has 0 atom stereocenters. The van der Waals surface area contributed by atoms with E-state index in [0.29, 0.717) is 17.1 Å². The Balaban J connectivity index is 0.000000459. The summed E-state index contributed by atoms with van der Waals surface area (Å²) in [6.45, 7) is 1.95. The summed E-state index contributed by atoms with van der Waals surface area (Å²) in [4.78, 5) is 17.8. The van der Waals surface area contributed by atoms with Crippen molar-refractivity contribution in [3.63, 3.8) is 0 Å². The molecule has 29 heteroatoms. The number of hydrogen-bond acceptors (Lipinski definition) is 19. The van der Waals surface area contributed by atoms with Gasteiger partial charge in [-0.05, 0) is 103 Å². The molecule has 0 saturated carbocycles. The van der Waals surface area contributed by atoms with Gasteiger partial charge in [0.15, 0.2) is 0 Å². The number of benzene rings is 7. The number of rotatable bonds is 7. The number of nitrogens with one attached hydrogen (secondary N) is 1. The SMILES string of the molecule is Cc1ccc(N)cc1N.Nc1cc(S(=O)(=O)O)cc2cc(S(=O)(=O)O)cc(O)c12.Nc1ccc(Nc2ccc([N+](=O)[O-])cc2S(=O)(=O)O)cc1.Nc1ccc([N+](=O)[O-])cc1.Oc1cccc(O)c1.[K].[Na]. The van der Waals surface area contributed by atoms with Gasteiger partial charge < -0.3 is 49.3 Å². The fourth-order valence-corrected chi connectivity index (χ4v) is 6.93. The van der Waals surface area contributed by atoms with Crippen LogP contribution in [0.5, 0.6) is 17.2 Å². The van der Waals surface area contributed by atoms with Gasteiger partial charge >= 0.3 is 0 Å². The topological polar surface area (TPSA) is 452 Å². The van der Waals surface area contributed by atoms with Crippen LogP contribution in [-0.4, -0.2) is 145 Å². The minimum atomic E-state index is -4.61. The minimum Gasteiger partial charge on any atom is -0.508 e. The number of fused-ring (bicyclic) bond motifs is 1. The second-order valence-corrected chi connectivity index (χ2v) is 17.9. The van der Waals surface area contributed by atoms with Crippen molar-refractivity contribution < 1.29 is 64.1 Å². The number of nitro benzene ring substituents is 2. The maximum Gasteiger partial charge on any atom is 0.296 e. The molecule has 0 bridgehead atoms. The zero-order valence-electron chi connectivity index (χ0n) is 37.0. The first kappa shape index (κ1) is 62.2. The summed E-state index contributed by atoms with van der Waals surface area (Å²) in [5, 5.41) is 50.5. The van der Waals surface area contributed by atoms with Crippen LogP contribution in [0, 0.1) is 27.2 Å². The van der Waals surface area contributed by atoms with Crippen molar-refractivity contribution >= 4 is 173 Å². The third-order valence-electron chi connectivity index (χ3n) is 8.48. The van der Waals surface area contributed by atoms with Gasteiger partial charge in [-0.15, -0.1) is 0 Å². The van der Waals surface area contributed by atoms with Gasteiger partial charge in [-0.1, -0.05) is 12.1 Å². The summed E-state index contributed by atoms with van der Waals surface area (Å²) in [5.41, 5.74) is 31.0. The number of aromatic hydroxyl groups is 3. The van der Waals surface area contributed by atoms with E-state index in [2.05, 4.69) is 5.32 Å². The molecule has 0 aromatic heterocycles. The van der Waals surface area contributed by atoms with E-state index in [4.69, 9.17) is 48.0 Å². The molecule has 17 N–H and O–H groups in total. The predicted octanol–water partition coefficient (Wildman–Crippen LogP) is 5.46. The smallest absolute Gasteiger partial charge is 0.296 e. The van der Waals surface area contributed by atoms with E-state index in [0.717, 1.165) is 53.3 Å². The fraction of sp³-hybridized carbons (Fsp3) is 0.0244. The molecule has 0 unspecified atom stereocenters. The maximum atomic E-state index is 11.3. The summed E-state index contributed by atoms with van der Waals surface area (Å²) in [6, 6.07) is 30.2. The molecule has 0 amide bonds. The maximum absolute atomic E-state index is 11.3. The molecule has 0 fully saturated rings. The van der Waals surface area contributed by atoms with Gasteiger partial charge in [0.1, 0.15) is 22.1 Å². The first-order valence-corrected chi connectivity index (χ1v) is 22.8. The number of phenolic OH excluding ortho intramolecular Hbond substituents is 3. The van der Waals surface area contributed by atoms with E-state index < -0.39 is 66.3 Å². The third kappa shape index (κ3) is 19.9. The molecule has 70 heavy (non-hydrogen) atoms. The number of phenols is 3. The van der Waals surface area contributed by atoms with Crippen molar-refractivity contribution in [1.82, 2.24) is 0 Å². The predicted molar refractivity (Wildman–Crippen MR) is 265 cm³/mol. The number of nitrogens with two attached hydrogens (primary N) is 5. The molecule has 0 saturated heterocycles. The Kier molecular flexibility index (Phi) is 23.9. The summed E-state index contributed by atoms with van der Waals surface area (Å²) in [6.07, 6.45) is 0. The molecule has 0 aliphatic carbocycles. The van der Waals surface area contributed by atoms with Gasteiger partial charge in [-0.2, -0.15) is 25.3 Å². The molecule has 0 heterocycles. The van der Waals surface area contributed by atoms with E-state index in [-0.39, 0.29) is 120 Å². The van der Waals surface area contributed by atoms with Gasteiger partial charge in [0.2, 0.25) is 0 Å². The van der Waals surface area contributed by atoms with E-state index >= 15 is 0 Å².